The summed E-state index contributed by atoms with van der Waals surface area (Å²) in [6.07, 6.45) is 7.75. The lowest BCUT2D eigenvalue weighted by molar-refractivity contribution is 0.0126. The van der Waals surface area contributed by atoms with Crippen LogP contribution >= 0.6 is 0 Å². The van der Waals surface area contributed by atoms with Crippen LogP contribution in [-0.2, 0) is 0 Å². The minimum Gasteiger partial charge on any atom is -0.393 e. The Morgan fingerprint density at radius 1 is 1.13 bits per heavy atom. The van der Waals surface area contributed by atoms with Crippen molar-refractivity contribution in [3.63, 3.8) is 0 Å². The molecule has 4 unspecified atom stereocenters. The number of nitrogens with one attached hydrogen (secondary N) is 1. The molecule has 1 aliphatic carbocycles. The van der Waals surface area contributed by atoms with E-state index in [1.165, 1.54) is 32.1 Å². The molecule has 1 saturated carbocycles. The molecule has 2 fully saturated rings. The van der Waals surface area contributed by atoms with Gasteiger partial charge in [0.2, 0.25) is 0 Å². The van der Waals surface area contributed by atoms with Gasteiger partial charge < -0.3 is 10.4 Å². The third kappa shape index (κ3) is 2.54. The van der Waals surface area contributed by atoms with E-state index in [9.17, 15) is 5.11 Å². The summed E-state index contributed by atoms with van der Waals surface area (Å²) in [6.45, 7) is 4.36. The average Bonchev–Trinajstić information content (AvgIpc) is 2.30. The van der Waals surface area contributed by atoms with Gasteiger partial charge in [-0.1, -0.05) is 32.6 Å². The van der Waals surface area contributed by atoms with Crippen molar-refractivity contribution >= 4 is 0 Å². The molecule has 1 saturated heterocycles. The second kappa shape index (κ2) is 5.31. The minimum absolute atomic E-state index is 0.0385. The highest BCUT2D eigenvalue weighted by Gasteiger charge is 2.35. The Balaban J connectivity index is 1.99. The fourth-order valence-electron chi connectivity index (χ4n) is 3.61. The molecule has 2 nitrogen and oxygen atoms in total. The molecule has 0 aromatic heterocycles. The van der Waals surface area contributed by atoms with Gasteiger partial charge >= 0.3 is 0 Å². The molecular formula is C13H25NO. The monoisotopic (exact) mass is 211 g/mol. The first-order valence-electron chi connectivity index (χ1n) is 6.71. The summed E-state index contributed by atoms with van der Waals surface area (Å²) in [7, 11) is 0. The number of aliphatic hydroxyl groups excluding tert-OH is 1. The fraction of sp³-hybridized carbons (Fsp3) is 1.00. The Kier molecular flexibility index (Phi) is 4.04. The van der Waals surface area contributed by atoms with Crippen LogP contribution in [0, 0.1) is 17.8 Å². The van der Waals surface area contributed by atoms with Crippen molar-refractivity contribution < 1.29 is 5.11 Å². The Hall–Kier alpha value is -0.0800. The molecule has 0 aromatic carbocycles. The van der Waals surface area contributed by atoms with E-state index in [1.54, 1.807) is 0 Å². The first kappa shape index (κ1) is 11.4. The molecule has 2 N–H and O–H groups in total. The lowest BCUT2D eigenvalue weighted by Crippen LogP contribution is -2.46. The van der Waals surface area contributed by atoms with E-state index in [2.05, 4.69) is 12.2 Å². The van der Waals surface area contributed by atoms with E-state index >= 15 is 0 Å². The van der Waals surface area contributed by atoms with Crippen LogP contribution in [0.1, 0.15) is 45.4 Å². The molecular weight excluding hydrogens is 186 g/mol. The molecule has 88 valence electrons. The van der Waals surface area contributed by atoms with Crippen molar-refractivity contribution in [3.8, 4) is 0 Å². The van der Waals surface area contributed by atoms with E-state index in [-0.39, 0.29) is 6.10 Å². The summed E-state index contributed by atoms with van der Waals surface area (Å²) in [4.78, 5) is 0. The predicted molar refractivity (Wildman–Crippen MR) is 62.7 cm³/mol. The maximum atomic E-state index is 10.1. The molecule has 0 amide bonds. The van der Waals surface area contributed by atoms with Crippen molar-refractivity contribution in [2.45, 2.75) is 51.6 Å². The SMILES string of the molecule is CCC1CCCCC1C1CNCCC1O. The van der Waals surface area contributed by atoms with Crippen LogP contribution in [0.3, 0.4) is 0 Å². The molecule has 2 rings (SSSR count). The third-order valence-corrected chi connectivity index (χ3v) is 4.53. The number of hydrogen-bond donors (Lipinski definition) is 2. The third-order valence-electron chi connectivity index (χ3n) is 4.53. The lowest BCUT2D eigenvalue weighted by Gasteiger charge is -2.41. The highest BCUT2D eigenvalue weighted by molar-refractivity contribution is 4.87. The molecule has 0 radical (unpaired) electrons. The first-order chi connectivity index (χ1) is 7.33. The van der Waals surface area contributed by atoms with Gasteiger partial charge in [0.15, 0.2) is 0 Å². The second-order valence-electron chi connectivity index (χ2n) is 5.34. The maximum absolute atomic E-state index is 10.1. The Labute approximate surface area is 93.5 Å². The van der Waals surface area contributed by atoms with Gasteiger partial charge in [-0.2, -0.15) is 0 Å². The van der Waals surface area contributed by atoms with Gasteiger partial charge in [-0.05, 0) is 31.2 Å². The Bertz CT molecular complexity index is 195. The zero-order chi connectivity index (χ0) is 10.7. The van der Waals surface area contributed by atoms with Gasteiger partial charge in [-0.25, -0.2) is 0 Å². The van der Waals surface area contributed by atoms with Gasteiger partial charge in [0.25, 0.3) is 0 Å². The molecule has 0 bridgehead atoms. The van der Waals surface area contributed by atoms with Crippen LogP contribution in [0.5, 0.6) is 0 Å². The fourth-order valence-corrected chi connectivity index (χ4v) is 3.61. The van der Waals surface area contributed by atoms with Crippen LogP contribution in [0.2, 0.25) is 0 Å². The highest BCUT2D eigenvalue weighted by atomic mass is 16.3. The number of rotatable bonds is 2. The molecule has 2 aliphatic rings. The average molecular weight is 211 g/mol. The molecule has 1 heterocycles. The summed E-state index contributed by atoms with van der Waals surface area (Å²) in [5.74, 6) is 2.19. The van der Waals surface area contributed by atoms with E-state index in [0.29, 0.717) is 5.92 Å². The van der Waals surface area contributed by atoms with Gasteiger partial charge in [-0.3, -0.25) is 0 Å². The summed E-state index contributed by atoms with van der Waals surface area (Å²) in [5.41, 5.74) is 0. The second-order valence-corrected chi connectivity index (χ2v) is 5.34. The number of piperidine rings is 1. The van der Waals surface area contributed by atoms with Crippen molar-refractivity contribution in [1.82, 2.24) is 5.32 Å². The summed E-state index contributed by atoms with van der Waals surface area (Å²) in [5, 5.41) is 13.5. The van der Waals surface area contributed by atoms with Gasteiger partial charge in [0.1, 0.15) is 0 Å². The van der Waals surface area contributed by atoms with Crippen molar-refractivity contribution in [1.29, 1.82) is 0 Å². The van der Waals surface area contributed by atoms with E-state index in [0.717, 1.165) is 31.3 Å². The summed E-state index contributed by atoms with van der Waals surface area (Å²) < 4.78 is 0. The van der Waals surface area contributed by atoms with Crippen molar-refractivity contribution in [2.24, 2.45) is 17.8 Å². The van der Waals surface area contributed by atoms with Gasteiger partial charge in [-0.15, -0.1) is 0 Å². The number of aliphatic hydroxyl groups is 1. The molecule has 2 heteroatoms. The van der Waals surface area contributed by atoms with Gasteiger partial charge in [0.05, 0.1) is 6.10 Å². The normalized spacial score (nSPS) is 42.8. The minimum atomic E-state index is -0.0385. The standard InChI is InChI=1S/C13H25NO/c1-2-10-5-3-4-6-11(10)12-9-14-8-7-13(12)15/h10-15H,2-9H2,1H3. The number of hydrogen-bond acceptors (Lipinski definition) is 2. The van der Waals surface area contributed by atoms with E-state index in [4.69, 9.17) is 0 Å². The van der Waals surface area contributed by atoms with E-state index in [1.807, 2.05) is 0 Å². The molecule has 15 heavy (non-hydrogen) atoms. The topological polar surface area (TPSA) is 32.3 Å². The van der Waals surface area contributed by atoms with Crippen molar-refractivity contribution in [2.75, 3.05) is 13.1 Å². The zero-order valence-corrected chi connectivity index (χ0v) is 9.91. The quantitative estimate of drug-likeness (QED) is 0.733. The van der Waals surface area contributed by atoms with Crippen LogP contribution in [0.25, 0.3) is 0 Å². The Morgan fingerprint density at radius 3 is 2.67 bits per heavy atom. The molecule has 1 aliphatic heterocycles. The van der Waals surface area contributed by atoms with E-state index < -0.39 is 0 Å². The highest BCUT2D eigenvalue weighted by Crippen LogP contribution is 2.39. The summed E-state index contributed by atoms with van der Waals surface area (Å²) >= 11 is 0. The van der Waals surface area contributed by atoms with Crippen molar-refractivity contribution in [3.05, 3.63) is 0 Å². The summed E-state index contributed by atoms with van der Waals surface area (Å²) in [6, 6.07) is 0. The maximum Gasteiger partial charge on any atom is 0.0595 e. The van der Waals surface area contributed by atoms with Crippen LogP contribution in [0.4, 0.5) is 0 Å². The molecule has 0 aromatic rings. The molecule has 0 spiro atoms. The molecule has 4 atom stereocenters. The first-order valence-corrected chi connectivity index (χ1v) is 6.71. The van der Waals surface area contributed by atoms with Crippen LogP contribution in [0.15, 0.2) is 0 Å². The van der Waals surface area contributed by atoms with Gasteiger partial charge in [0, 0.05) is 12.5 Å². The zero-order valence-electron chi connectivity index (χ0n) is 9.91. The largest absolute Gasteiger partial charge is 0.393 e. The van der Waals surface area contributed by atoms with Crippen LogP contribution < -0.4 is 5.32 Å². The smallest absolute Gasteiger partial charge is 0.0595 e. The van der Waals surface area contributed by atoms with Crippen LogP contribution in [-0.4, -0.2) is 24.3 Å². The lowest BCUT2D eigenvalue weighted by atomic mass is 9.68. The predicted octanol–water partition coefficient (Wildman–Crippen LogP) is 2.17. The Morgan fingerprint density at radius 2 is 1.93 bits per heavy atom.